The van der Waals surface area contributed by atoms with Gasteiger partial charge in [-0.2, -0.15) is 0 Å². The molecular weight excluding hydrogens is 282 g/mol. The first kappa shape index (κ1) is 32.0. The SMILES string of the molecule is [Cd].[Cr].[Ni].[Ni]. The van der Waals surface area contributed by atoms with Crippen molar-refractivity contribution in [3.05, 3.63) is 0 Å². The summed E-state index contributed by atoms with van der Waals surface area (Å²) in [5.74, 6) is 0. The Morgan fingerprint density at radius 3 is 0.750 bits per heavy atom. The predicted octanol–water partition coefficient (Wildman–Crippen LogP) is -0.0100. The zero-order valence-corrected chi connectivity index (χ0v) is 9.03. The molecule has 0 unspecified atom stereocenters. The van der Waals surface area contributed by atoms with Gasteiger partial charge in [-0.15, -0.1) is 0 Å². The quantitative estimate of drug-likeness (QED) is 0.548. The van der Waals surface area contributed by atoms with Crippen LogP contribution in [0.2, 0.25) is 0 Å². The number of hydrogen-bond donors (Lipinski definition) is 0. The van der Waals surface area contributed by atoms with Gasteiger partial charge in [0.05, 0.1) is 0 Å². The summed E-state index contributed by atoms with van der Waals surface area (Å²) >= 11 is 0. The van der Waals surface area contributed by atoms with Gasteiger partial charge in [-0.25, -0.2) is 0 Å². The minimum atomic E-state index is 0. The molecule has 0 atom stereocenters. The molecule has 0 fully saturated rings. The van der Waals surface area contributed by atoms with Crippen molar-refractivity contribution in [2.45, 2.75) is 0 Å². The molecule has 0 aromatic heterocycles. The third-order valence-corrected chi connectivity index (χ3v) is 0. The maximum atomic E-state index is 0. The van der Waals surface area contributed by atoms with Gasteiger partial charge < -0.3 is 0 Å². The Hall–Kier alpha value is 2.44. The van der Waals surface area contributed by atoms with Gasteiger partial charge in [0.15, 0.2) is 0 Å². The van der Waals surface area contributed by atoms with E-state index in [1.165, 1.54) is 0 Å². The standard InChI is InChI=1S/Cd.Cr.2Ni. The Labute approximate surface area is 76.6 Å². The van der Waals surface area contributed by atoms with E-state index in [2.05, 4.69) is 0 Å². The molecule has 0 radical (unpaired) electrons. The van der Waals surface area contributed by atoms with E-state index in [9.17, 15) is 0 Å². The van der Waals surface area contributed by atoms with Crippen LogP contribution in [-0.4, -0.2) is 0 Å². The summed E-state index contributed by atoms with van der Waals surface area (Å²) in [7, 11) is 0. The van der Waals surface area contributed by atoms with Gasteiger partial charge in [-0.3, -0.25) is 0 Å². The predicted molar refractivity (Wildman–Crippen MR) is 0 cm³/mol. The fourth-order valence-electron chi connectivity index (χ4n) is 0. The van der Waals surface area contributed by atoms with E-state index in [0.717, 1.165) is 0 Å². The Bertz CT molecular complexity index is 6.00. The third-order valence-electron chi connectivity index (χ3n) is 0. The molecule has 0 aliphatic carbocycles. The summed E-state index contributed by atoms with van der Waals surface area (Å²) in [6.07, 6.45) is 0. The topological polar surface area (TPSA) is 0 Å². The van der Waals surface area contributed by atoms with Gasteiger partial charge in [-0.05, 0) is 0 Å². The van der Waals surface area contributed by atoms with Crippen molar-refractivity contribution in [2.75, 3.05) is 0 Å². The molecule has 0 aromatic carbocycles. The monoisotopic (exact) mass is 282 g/mol. The van der Waals surface area contributed by atoms with Crippen molar-refractivity contribution in [3.63, 3.8) is 0 Å². The molecule has 0 saturated carbocycles. The maximum Gasteiger partial charge on any atom is 0 e. The molecule has 0 bridgehead atoms. The van der Waals surface area contributed by atoms with Crippen LogP contribution in [0.3, 0.4) is 0 Å². The van der Waals surface area contributed by atoms with Crippen molar-refractivity contribution in [3.8, 4) is 0 Å². The van der Waals surface area contributed by atoms with Crippen molar-refractivity contribution in [1.29, 1.82) is 0 Å². The van der Waals surface area contributed by atoms with Crippen LogP contribution in [0.25, 0.3) is 0 Å². The molecular formula is CdCrNi2. The van der Waals surface area contributed by atoms with E-state index >= 15 is 0 Å². The Morgan fingerprint density at radius 2 is 0.750 bits per heavy atom. The van der Waals surface area contributed by atoms with Crippen LogP contribution in [0.1, 0.15) is 0 Å². The minimum absolute atomic E-state index is 0. The van der Waals surface area contributed by atoms with Crippen LogP contribution in [0.5, 0.6) is 0 Å². The van der Waals surface area contributed by atoms with Gasteiger partial charge in [0.1, 0.15) is 0 Å². The molecule has 0 aliphatic heterocycles. The average Bonchev–Trinajstić information content (AvgIpc) is 0. The number of hydrogen-bond acceptors (Lipinski definition) is 0. The van der Waals surface area contributed by atoms with E-state index in [0.29, 0.717) is 0 Å². The van der Waals surface area contributed by atoms with E-state index in [-0.39, 0.29) is 77.6 Å². The van der Waals surface area contributed by atoms with Crippen LogP contribution < -0.4 is 0 Å². The minimum Gasteiger partial charge on any atom is 0 e. The maximum absolute atomic E-state index is 0. The summed E-state index contributed by atoms with van der Waals surface area (Å²) in [6, 6.07) is 0. The third kappa shape index (κ3) is 8.82. The van der Waals surface area contributed by atoms with Crippen LogP contribution in [0, 0.1) is 0 Å². The summed E-state index contributed by atoms with van der Waals surface area (Å²) < 4.78 is 0. The first-order valence-electron chi connectivity index (χ1n) is 0. The van der Waals surface area contributed by atoms with Crippen molar-refractivity contribution in [2.24, 2.45) is 0 Å². The average molecular weight is 282 g/mol. The molecule has 0 aromatic rings. The van der Waals surface area contributed by atoms with Gasteiger partial charge in [0, 0.05) is 77.6 Å². The molecule has 0 rings (SSSR count). The number of rotatable bonds is 0. The van der Waals surface area contributed by atoms with Crippen molar-refractivity contribution < 1.29 is 77.6 Å². The molecule has 28 valence electrons. The Kier molecular flexibility index (Phi) is 144. The van der Waals surface area contributed by atoms with Crippen LogP contribution in [0.15, 0.2) is 0 Å². The summed E-state index contributed by atoms with van der Waals surface area (Å²) in [4.78, 5) is 0. The van der Waals surface area contributed by atoms with E-state index in [1.807, 2.05) is 0 Å². The van der Waals surface area contributed by atoms with Crippen LogP contribution in [-0.2, 0) is 77.6 Å². The van der Waals surface area contributed by atoms with Crippen LogP contribution >= 0.6 is 0 Å². The van der Waals surface area contributed by atoms with Crippen molar-refractivity contribution in [1.82, 2.24) is 0 Å². The van der Waals surface area contributed by atoms with Gasteiger partial charge in [-0.1, -0.05) is 0 Å². The van der Waals surface area contributed by atoms with Gasteiger partial charge in [0.25, 0.3) is 0 Å². The summed E-state index contributed by atoms with van der Waals surface area (Å²) in [5, 5.41) is 0. The van der Waals surface area contributed by atoms with Crippen LogP contribution in [0.4, 0.5) is 0 Å². The van der Waals surface area contributed by atoms with Gasteiger partial charge in [0.2, 0.25) is 0 Å². The normalized spacial score (nSPS) is 0. The first-order chi connectivity index (χ1) is 0. The first-order valence-corrected chi connectivity index (χ1v) is 0. The summed E-state index contributed by atoms with van der Waals surface area (Å²) in [5.41, 5.74) is 0. The molecule has 4 heavy (non-hydrogen) atoms. The van der Waals surface area contributed by atoms with E-state index < -0.39 is 0 Å². The van der Waals surface area contributed by atoms with Crippen molar-refractivity contribution >= 4 is 0 Å². The molecule has 0 spiro atoms. The van der Waals surface area contributed by atoms with Gasteiger partial charge >= 0.3 is 0 Å². The zero-order valence-electron chi connectivity index (χ0n) is 1.75. The summed E-state index contributed by atoms with van der Waals surface area (Å²) in [6.45, 7) is 0. The second-order valence-electron chi connectivity index (χ2n) is 0. The fraction of sp³-hybridized carbons (Fsp3) is 0. The largest absolute Gasteiger partial charge is 0 e. The molecule has 0 heterocycles. The molecule has 0 nitrogen and oxygen atoms in total. The molecule has 0 N–H and O–H groups in total. The van der Waals surface area contributed by atoms with E-state index in [1.54, 1.807) is 0 Å². The molecule has 0 saturated heterocycles. The Balaban J connectivity index is 0. The fourth-order valence-corrected chi connectivity index (χ4v) is 0. The van der Waals surface area contributed by atoms with E-state index in [4.69, 9.17) is 0 Å². The second-order valence-corrected chi connectivity index (χ2v) is 0. The molecule has 4 heteroatoms. The molecule has 0 amide bonds. The molecule has 0 aliphatic rings. The Morgan fingerprint density at radius 1 is 0.750 bits per heavy atom. The smallest absolute Gasteiger partial charge is 0 e. The zero-order chi connectivity index (χ0) is 0. The second kappa shape index (κ2) is 18.0.